The Morgan fingerprint density at radius 1 is 1.35 bits per heavy atom. The van der Waals surface area contributed by atoms with Gasteiger partial charge in [-0.2, -0.15) is 5.10 Å². The van der Waals surface area contributed by atoms with Crippen molar-refractivity contribution in [3.8, 4) is 0 Å². The van der Waals surface area contributed by atoms with Crippen LogP contribution >= 0.6 is 9.24 Å². The number of anilines is 1. The van der Waals surface area contributed by atoms with E-state index in [9.17, 15) is 9.59 Å². The molecule has 3 N–H and O–H groups in total. The number of carbonyl (C=O) groups excluding carboxylic acids is 1. The third-order valence-electron chi connectivity index (χ3n) is 3.93. The number of carbonyl (C=O) groups is 2. The lowest BCUT2D eigenvalue weighted by atomic mass is 10.1. The van der Waals surface area contributed by atoms with Gasteiger partial charge in [0.15, 0.2) is 6.29 Å². The van der Waals surface area contributed by atoms with E-state index in [4.69, 9.17) is 5.11 Å². The molecule has 0 radical (unpaired) electrons. The van der Waals surface area contributed by atoms with E-state index in [1.54, 1.807) is 6.07 Å². The average Bonchev–Trinajstić information content (AvgIpc) is 3.02. The summed E-state index contributed by atoms with van der Waals surface area (Å²) in [5.74, 6) is -0.891. The van der Waals surface area contributed by atoms with E-state index in [1.807, 2.05) is 24.3 Å². The van der Waals surface area contributed by atoms with Crippen LogP contribution in [0.15, 0.2) is 35.4 Å². The number of carboxylic acids is 1. The zero-order valence-corrected chi connectivity index (χ0v) is 15.9. The van der Waals surface area contributed by atoms with Crippen LogP contribution in [0.4, 0.5) is 5.69 Å². The van der Waals surface area contributed by atoms with Crippen molar-refractivity contribution in [1.29, 1.82) is 0 Å². The summed E-state index contributed by atoms with van der Waals surface area (Å²) in [5, 5.41) is 14.4. The number of hydrazone groups is 1. The van der Waals surface area contributed by atoms with Gasteiger partial charge in [0.1, 0.15) is 0 Å². The molecule has 2 rings (SSSR count). The summed E-state index contributed by atoms with van der Waals surface area (Å²) in [4.78, 5) is 25.6. The summed E-state index contributed by atoms with van der Waals surface area (Å²) < 4.78 is 0. The fourth-order valence-corrected chi connectivity index (χ4v) is 2.84. The average molecular weight is 373 g/mol. The zero-order chi connectivity index (χ0) is 18.9. The molecule has 1 unspecified atom stereocenters. The van der Waals surface area contributed by atoms with Crippen molar-refractivity contribution in [3.63, 3.8) is 0 Å². The van der Waals surface area contributed by atoms with Crippen LogP contribution in [0.1, 0.15) is 54.4 Å². The molecule has 1 aromatic heterocycles. The predicted molar refractivity (Wildman–Crippen MR) is 108 cm³/mol. The lowest BCUT2D eigenvalue weighted by molar-refractivity contribution is -0.136. The molecule has 1 heterocycles. The molecule has 6 nitrogen and oxygen atoms in total. The van der Waals surface area contributed by atoms with Crippen molar-refractivity contribution >= 4 is 38.2 Å². The molecule has 0 bridgehead atoms. The van der Waals surface area contributed by atoms with E-state index < -0.39 is 5.97 Å². The summed E-state index contributed by atoms with van der Waals surface area (Å²) in [6, 6.07) is 9.39. The first-order chi connectivity index (χ1) is 12.5. The van der Waals surface area contributed by atoms with Gasteiger partial charge in [0, 0.05) is 17.7 Å². The quantitative estimate of drug-likeness (QED) is 0.258. The normalized spacial score (nSPS) is 11.4. The van der Waals surface area contributed by atoms with Gasteiger partial charge in [0.25, 0.3) is 0 Å². The molecule has 138 valence electrons. The lowest BCUT2D eigenvalue weighted by Gasteiger charge is -2.06. The van der Waals surface area contributed by atoms with E-state index >= 15 is 0 Å². The van der Waals surface area contributed by atoms with Crippen LogP contribution in [-0.2, 0) is 11.2 Å². The number of aromatic amines is 1. The molecule has 0 saturated carbocycles. The highest BCUT2D eigenvalue weighted by Gasteiger charge is 2.13. The van der Waals surface area contributed by atoms with Crippen molar-refractivity contribution in [2.45, 2.75) is 39.0 Å². The number of nitrogens with one attached hydrogen (secondary N) is 2. The number of aliphatic carboxylic acids is 1. The van der Waals surface area contributed by atoms with Crippen LogP contribution in [0, 0.1) is 0 Å². The number of nitrogens with zero attached hydrogens (tertiary/aromatic N) is 1. The van der Waals surface area contributed by atoms with Crippen molar-refractivity contribution in [3.05, 3.63) is 47.3 Å². The number of aromatic nitrogens is 1. The standard InChI is InChI=1S/C19H24N3O3P/c1-2-3-7-16-13(12-23)10-18(20-16)17(8-9-19(24)25)22-21-14-5-4-6-15(26)11-14/h4-6,10-12,20-21H,2-3,7-9,26H2,1H3,(H,24,25)/b22-17+. The van der Waals surface area contributed by atoms with Crippen LogP contribution < -0.4 is 10.7 Å². The van der Waals surface area contributed by atoms with E-state index in [1.165, 1.54) is 0 Å². The van der Waals surface area contributed by atoms with Gasteiger partial charge in [-0.25, -0.2) is 0 Å². The summed E-state index contributed by atoms with van der Waals surface area (Å²) >= 11 is 0. The highest BCUT2D eigenvalue weighted by Crippen LogP contribution is 2.16. The van der Waals surface area contributed by atoms with Gasteiger partial charge in [-0.3, -0.25) is 15.0 Å². The Hall–Kier alpha value is -2.46. The molecular formula is C19H24N3O3P. The number of unbranched alkanes of at least 4 members (excludes halogenated alkanes) is 1. The minimum Gasteiger partial charge on any atom is -0.481 e. The van der Waals surface area contributed by atoms with Crippen LogP contribution in [0.2, 0.25) is 0 Å². The predicted octanol–water partition coefficient (Wildman–Crippen LogP) is 3.35. The van der Waals surface area contributed by atoms with Gasteiger partial charge < -0.3 is 10.1 Å². The Bertz CT molecular complexity index is 799. The first-order valence-electron chi connectivity index (χ1n) is 8.60. The van der Waals surface area contributed by atoms with Gasteiger partial charge in [-0.1, -0.05) is 25.5 Å². The van der Waals surface area contributed by atoms with Crippen LogP contribution in [0.5, 0.6) is 0 Å². The van der Waals surface area contributed by atoms with Gasteiger partial charge in [0.05, 0.1) is 23.5 Å². The number of benzene rings is 1. The molecule has 0 aliphatic heterocycles. The minimum absolute atomic E-state index is 0.0378. The number of hydrogen-bond acceptors (Lipinski definition) is 4. The Kier molecular flexibility index (Phi) is 7.54. The van der Waals surface area contributed by atoms with Crippen LogP contribution in [0.3, 0.4) is 0 Å². The fourth-order valence-electron chi connectivity index (χ4n) is 2.55. The molecular weight excluding hydrogens is 349 g/mol. The molecule has 26 heavy (non-hydrogen) atoms. The molecule has 1 aromatic carbocycles. The molecule has 0 aliphatic rings. The summed E-state index contributed by atoms with van der Waals surface area (Å²) in [6.07, 6.45) is 3.82. The molecule has 1 atom stereocenters. The SMILES string of the molecule is CCCCc1[nH]c(/C(CCC(=O)O)=N/Nc2cccc(P)c2)cc1C=O. The third kappa shape index (κ3) is 5.81. The Balaban J connectivity index is 2.28. The largest absolute Gasteiger partial charge is 0.481 e. The minimum atomic E-state index is -0.891. The van der Waals surface area contributed by atoms with E-state index in [2.05, 4.69) is 31.7 Å². The zero-order valence-electron chi connectivity index (χ0n) is 14.8. The number of aldehydes is 1. The van der Waals surface area contributed by atoms with Crippen LogP contribution in [0.25, 0.3) is 0 Å². The highest BCUT2D eigenvalue weighted by atomic mass is 31.0. The maximum Gasteiger partial charge on any atom is 0.303 e. The van der Waals surface area contributed by atoms with Crippen molar-refractivity contribution in [1.82, 2.24) is 4.98 Å². The van der Waals surface area contributed by atoms with Gasteiger partial charge >= 0.3 is 5.97 Å². The number of rotatable bonds is 10. The number of hydrogen-bond donors (Lipinski definition) is 3. The van der Waals surface area contributed by atoms with Gasteiger partial charge in [0.2, 0.25) is 0 Å². The Labute approximate surface area is 155 Å². The molecule has 2 aromatic rings. The van der Waals surface area contributed by atoms with Crippen molar-refractivity contribution in [2.24, 2.45) is 5.10 Å². The highest BCUT2D eigenvalue weighted by molar-refractivity contribution is 7.27. The molecule has 0 aliphatic carbocycles. The lowest BCUT2D eigenvalue weighted by Crippen LogP contribution is -2.09. The second-order valence-corrected chi connectivity index (χ2v) is 6.69. The smallest absolute Gasteiger partial charge is 0.303 e. The Morgan fingerprint density at radius 3 is 2.81 bits per heavy atom. The molecule has 0 amide bonds. The number of aryl methyl sites for hydroxylation is 1. The first kappa shape index (κ1) is 19.9. The second kappa shape index (κ2) is 9.88. The number of H-pyrrole nitrogens is 1. The number of carboxylic acid groups (broad SMARTS) is 1. The maximum atomic E-state index is 11.3. The summed E-state index contributed by atoms with van der Waals surface area (Å²) in [5.41, 5.74) is 6.49. The van der Waals surface area contributed by atoms with Crippen LogP contribution in [-0.4, -0.2) is 28.1 Å². The summed E-state index contributed by atoms with van der Waals surface area (Å²) in [7, 11) is 2.61. The van der Waals surface area contributed by atoms with Crippen molar-refractivity contribution < 1.29 is 14.7 Å². The van der Waals surface area contributed by atoms with E-state index in [0.717, 1.165) is 42.2 Å². The van der Waals surface area contributed by atoms with E-state index in [0.29, 0.717) is 17.0 Å². The molecule has 0 saturated heterocycles. The first-order valence-corrected chi connectivity index (χ1v) is 9.18. The maximum absolute atomic E-state index is 11.3. The monoisotopic (exact) mass is 373 g/mol. The third-order valence-corrected chi connectivity index (χ3v) is 4.29. The van der Waals surface area contributed by atoms with Gasteiger partial charge in [-0.05, 0) is 36.3 Å². The van der Waals surface area contributed by atoms with Gasteiger partial charge in [-0.15, -0.1) is 9.24 Å². The molecule has 7 heteroatoms. The Morgan fingerprint density at radius 2 is 2.15 bits per heavy atom. The molecule has 0 spiro atoms. The van der Waals surface area contributed by atoms with Crippen molar-refractivity contribution in [2.75, 3.05) is 5.43 Å². The second-order valence-electron chi connectivity index (χ2n) is 6.03. The fraction of sp³-hybridized carbons (Fsp3) is 0.316. The summed E-state index contributed by atoms with van der Waals surface area (Å²) in [6.45, 7) is 2.09. The topological polar surface area (TPSA) is 94.6 Å². The van der Waals surface area contributed by atoms with E-state index in [-0.39, 0.29) is 12.8 Å². The molecule has 0 fully saturated rings.